The molecule has 0 atom stereocenters. The average molecular weight is 334 g/mol. The Morgan fingerprint density at radius 3 is 2.55 bits per heavy atom. The number of rotatable bonds is 2. The zero-order chi connectivity index (χ0) is 15.9. The van der Waals surface area contributed by atoms with Crippen LogP contribution in [0.5, 0.6) is 0 Å². The summed E-state index contributed by atoms with van der Waals surface area (Å²) < 4.78 is 0. The highest BCUT2D eigenvalue weighted by atomic mass is 35.5. The third-order valence-corrected chi connectivity index (χ3v) is 4.51. The van der Waals surface area contributed by atoms with E-state index in [9.17, 15) is 4.79 Å². The third-order valence-electron chi connectivity index (χ3n) is 3.16. The van der Waals surface area contributed by atoms with Crippen molar-refractivity contribution in [2.45, 2.75) is 0 Å². The molecule has 2 heterocycles. The summed E-state index contributed by atoms with van der Waals surface area (Å²) in [5.74, 6) is -0.136. The summed E-state index contributed by atoms with van der Waals surface area (Å²) in [5.41, 5.74) is 13.7. The number of nitrogens with two attached hydrogens (primary N) is 2. The van der Waals surface area contributed by atoms with E-state index in [1.165, 1.54) is 11.3 Å². The highest BCUT2D eigenvalue weighted by Gasteiger charge is 2.21. The van der Waals surface area contributed by atoms with Crippen LogP contribution < -0.4 is 16.8 Å². The fourth-order valence-corrected chi connectivity index (χ4v) is 3.31. The summed E-state index contributed by atoms with van der Waals surface area (Å²) in [6, 6.07) is 7.15. The van der Waals surface area contributed by atoms with Crippen LogP contribution in [0.3, 0.4) is 0 Å². The van der Waals surface area contributed by atoms with E-state index in [0.717, 1.165) is 5.56 Å². The summed E-state index contributed by atoms with van der Waals surface area (Å²) in [4.78, 5) is 21.3. The molecule has 2 aromatic heterocycles. The van der Waals surface area contributed by atoms with Crippen molar-refractivity contribution in [1.29, 1.82) is 0 Å². The Kier molecular flexibility index (Phi) is 3.59. The Balaban J connectivity index is 2.32. The second-order valence-corrected chi connectivity index (χ2v) is 5.98. The molecule has 3 aromatic rings. The molecule has 3 rings (SSSR count). The van der Waals surface area contributed by atoms with Crippen molar-refractivity contribution in [2.24, 2.45) is 0 Å². The summed E-state index contributed by atoms with van der Waals surface area (Å²) >= 11 is 7.10. The molecule has 0 aliphatic rings. The van der Waals surface area contributed by atoms with Crippen LogP contribution >= 0.6 is 22.9 Å². The molecule has 0 aliphatic heterocycles. The molecule has 0 aliphatic carbocycles. The van der Waals surface area contributed by atoms with Crippen molar-refractivity contribution < 1.29 is 4.79 Å². The number of anilines is 2. The van der Waals surface area contributed by atoms with Crippen LogP contribution in [0.1, 0.15) is 9.67 Å². The summed E-state index contributed by atoms with van der Waals surface area (Å²) in [7, 11) is 1.55. The predicted molar refractivity (Wildman–Crippen MR) is 90.1 cm³/mol. The number of nitrogens with zero attached hydrogens (tertiary/aromatic N) is 2. The van der Waals surface area contributed by atoms with Gasteiger partial charge in [0.25, 0.3) is 5.91 Å². The first-order chi connectivity index (χ1) is 10.5. The van der Waals surface area contributed by atoms with Crippen molar-refractivity contribution in [2.75, 3.05) is 18.5 Å². The van der Waals surface area contributed by atoms with Crippen LogP contribution in [0.4, 0.5) is 11.6 Å². The number of halogens is 1. The fourth-order valence-electron chi connectivity index (χ4n) is 2.14. The lowest BCUT2D eigenvalue weighted by Gasteiger charge is -2.05. The van der Waals surface area contributed by atoms with Crippen molar-refractivity contribution in [3.05, 3.63) is 34.2 Å². The van der Waals surface area contributed by atoms with Gasteiger partial charge in [0.1, 0.15) is 9.71 Å². The highest BCUT2D eigenvalue weighted by molar-refractivity contribution is 7.21. The van der Waals surface area contributed by atoms with E-state index in [1.54, 1.807) is 19.2 Å². The van der Waals surface area contributed by atoms with E-state index in [-0.39, 0.29) is 11.9 Å². The molecule has 112 valence electrons. The van der Waals surface area contributed by atoms with Gasteiger partial charge in [0, 0.05) is 17.6 Å². The molecule has 0 unspecified atom stereocenters. The van der Waals surface area contributed by atoms with Gasteiger partial charge in [-0.05, 0) is 12.1 Å². The average Bonchev–Trinajstić information content (AvgIpc) is 2.83. The van der Waals surface area contributed by atoms with E-state index in [1.807, 2.05) is 12.1 Å². The van der Waals surface area contributed by atoms with Gasteiger partial charge >= 0.3 is 0 Å². The number of aromatic nitrogens is 2. The van der Waals surface area contributed by atoms with Gasteiger partial charge in [-0.3, -0.25) is 4.79 Å². The quantitative estimate of drug-likeness (QED) is 0.668. The van der Waals surface area contributed by atoms with Crippen LogP contribution in [0.25, 0.3) is 21.5 Å². The van der Waals surface area contributed by atoms with Gasteiger partial charge in [-0.2, -0.15) is 0 Å². The first-order valence-corrected chi connectivity index (χ1v) is 7.54. The Bertz CT molecular complexity index is 875. The van der Waals surface area contributed by atoms with E-state index in [0.29, 0.717) is 31.5 Å². The summed E-state index contributed by atoms with van der Waals surface area (Å²) in [6.45, 7) is 0. The van der Waals surface area contributed by atoms with E-state index in [2.05, 4.69) is 15.3 Å². The lowest BCUT2D eigenvalue weighted by molar-refractivity contribution is 0.0968. The number of carbonyl (C=O) groups excluding carboxylic acids is 1. The lowest BCUT2D eigenvalue weighted by atomic mass is 10.1. The number of fused-ring (bicyclic) bond motifs is 1. The minimum atomic E-state index is -0.263. The van der Waals surface area contributed by atoms with Crippen molar-refractivity contribution in [3.63, 3.8) is 0 Å². The number of nitrogen functional groups attached to an aromatic ring is 2. The molecule has 0 spiro atoms. The molecule has 0 saturated carbocycles. The van der Waals surface area contributed by atoms with Crippen LogP contribution in [0, 0.1) is 0 Å². The minimum absolute atomic E-state index is 0.127. The number of hydrogen-bond donors (Lipinski definition) is 3. The number of carbonyl (C=O) groups is 1. The molecule has 0 fully saturated rings. The van der Waals surface area contributed by atoms with Crippen molar-refractivity contribution in [1.82, 2.24) is 15.3 Å². The van der Waals surface area contributed by atoms with Gasteiger partial charge in [0.05, 0.1) is 16.8 Å². The van der Waals surface area contributed by atoms with Gasteiger partial charge < -0.3 is 16.8 Å². The number of thiophene rings is 1. The zero-order valence-electron chi connectivity index (χ0n) is 11.6. The van der Waals surface area contributed by atoms with Gasteiger partial charge in [-0.25, -0.2) is 9.97 Å². The van der Waals surface area contributed by atoms with E-state index >= 15 is 0 Å². The molecule has 1 amide bonds. The number of hydrogen-bond acceptors (Lipinski definition) is 6. The molecule has 8 heteroatoms. The summed E-state index contributed by atoms with van der Waals surface area (Å²) in [5, 5.41) is 3.80. The first-order valence-electron chi connectivity index (χ1n) is 6.34. The number of amides is 1. The van der Waals surface area contributed by atoms with Gasteiger partial charge in [0.2, 0.25) is 5.95 Å². The van der Waals surface area contributed by atoms with Crippen LogP contribution in [0.15, 0.2) is 24.3 Å². The fraction of sp³-hybridized carbons (Fsp3) is 0.0714. The standard InChI is InChI=1S/C14H12ClN5OS/c1-18-12(21)11-9(16)8-10(6-2-4-7(15)5-3-6)19-14(17)20-13(8)22-11/h2-5H,16H2,1H3,(H,18,21)(H2,17,19,20). The second kappa shape index (κ2) is 5.43. The minimum Gasteiger partial charge on any atom is -0.397 e. The molecule has 0 saturated heterocycles. The number of nitrogens with one attached hydrogen (secondary N) is 1. The smallest absolute Gasteiger partial charge is 0.263 e. The van der Waals surface area contributed by atoms with Crippen molar-refractivity contribution in [3.8, 4) is 11.3 Å². The highest BCUT2D eigenvalue weighted by Crippen LogP contribution is 2.38. The van der Waals surface area contributed by atoms with E-state index < -0.39 is 0 Å². The van der Waals surface area contributed by atoms with Gasteiger partial charge in [-0.15, -0.1) is 11.3 Å². The second-order valence-electron chi connectivity index (χ2n) is 4.54. The topological polar surface area (TPSA) is 107 Å². The van der Waals surface area contributed by atoms with Crippen LogP contribution in [-0.2, 0) is 0 Å². The van der Waals surface area contributed by atoms with Crippen LogP contribution in [0.2, 0.25) is 5.02 Å². The summed E-state index contributed by atoms with van der Waals surface area (Å²) in [6.07, 6.45) is 0. The van der Waals surface area contributed by atoms with Gasteiger partial charge in [-0.1, -0.05) is 23.7 Å². The molecule has 0 radical (unpaired) electrons. The van der Waals surface area contributed by atoms with E-state index in [4.69, 9.17) is 23.1 Å². The maximum atomic E-state index is 11.9. The molecular weight excluding hydrogens is 322 g/mol. The Morgan fingerprint density at radius 2 is 1.91 bits per heavy atom. The maximum absolute atomic E-state index is 11.9. The van der Waals surface area contributed by atoms with Gasteiger partial charge in [0.15, 0.2) is 0 Å². The van der Waals surface area contributed by atoms with Crippen molar-refractivity contribution >= 4 is 50.7 Å². The normalized spacial score (nSPS) is 10.8. The monoisotopic (exact) mass is 333 g/mol. The number of benzene rings is 1. The molecular formula is C14H12ClN5OS. The molecule has 0 bridgehead atoms. The lowest BCUT2D eigenvalue weighted by Crippen LogP contribution is -2.17. The largest absolute Gasteiger partial charge is 0.397 e. The predicted octanol–water partition coefficient (Wildman–Crippen LogP) is 2.54. The Labute approximate surface area is 135 Å². The molecule has 6 nitrogen and oxygen atoms in total. The first kappa shape index (κ1) is 14.6. The Hall–Kier alpha value is -2.38. The SMILES string of the molecule is CNC(=O)c1sc2nc(N)nc(-c3ccc(Cl)cc3)c2c1N. The zero-order valence-corrected chi connectivity index (χ0v) is 13.1. The molecule has 22 heavy (non-hydrogen) atoms. The van der Waals surface area contributed by atoms with Crippen LogP contribution in [-0.4, -0.2) is 22.9 Å². The molecule has 1 aromatic carbocycles. The Morgan fingerprint density at radius 1 is 1.23 bits per heavy atom. The maximum Gasteiger partial charge on any atom is 0.263 e. The molecule has 5 N–H and O–H groups in total. The third kappa shape index (κ3) is 2.34.